The Morgan fingerprint density at radius 3 is 2.75 bits per heavy atom. The maximum atomic E-state index is 12.1. The number of carbonyl (C=O) groups is 1. The number of hydrogen-bond acceptors (Lipinski definition) is 3. The molecule has 0 aromatic heterocycles. The summed E-state index contributed by atoms with van der Waals surface area (Å²) in [5.41, 5.74) is 0.762. The zero-order chi connectivity index (χ0) is 14.5. The first kappa shape index (κ1) is 15.8. The highest BCUT2D eigenvalue weighted by atomic mass is 79.9. The van der Waals surface area contributed by atoms with E-state index in [0.29, 0.717) is 11.1 Å². The van der Waals surface area contributed by atoms with Gasteiger partial charge in [0.1, 0.15) is 6.04 Å². The predicted octanol–water partition coefficient (Wildman–Crippen LogP) is 4.24. The highest BCUT2D eigenvalue weighted by Crippen LogP contribution is 2.29. The molecule has 1 aromatic rings. The van der Waals surface area contributed by atoms with E-state index in [4.69, 9.17) is 16.3 Å². The van der Waals surface area contributed by atoms with Crippen LogP contribution in [0.5, 0.6) is 0 Å². The third-order valence-corrected chi connectivity index (χ3v) is 4.55. The van der Waals surface area contributed by atoms with Gasteiger partial charge in [0.05, 0.1) is 7.11 Å². The molecule has 1 saturated carbocycles. The number of nitrogens with one attached hydrogen (secondary N) is 1. The van der Waals surface area contributed by atoms with Crippen molar-refractivity contribution in [3.8, 4) is 0 Å². The Bertz CT molecular complexity index is 475. The normalized spacial score (nSPS) is 17.8. The summed E-state index contributed by atoms with van der Waals surface area (Å²) >= 11 is 9.66. The molecule has 1 aliphatic rings. The molecular formula is C15H19BrClNO2. The first-order valence-corrected chi connectivity index (χ1v) is 8.07. The van der Waals surface area contributed by atoms with E-state index in [2.05, 4.69) is 21.2 Å². The molecular weight excluding hydrogens is 342 g/mol. The second-order valence-corrected chi connectivity index (χ2v) is 6.45. The molecule has 1 N–H and O–H groups in total. The van der Waals surface area contributed by atoms with Crippen molar-refractivity contribution < 1.29 is 9.53 Å². The predicted molar refractivity (Wildman–Crippen MR) is 83.9 cm³/mol. The molecule has 1 aliphatic carbocycles. The zero-order valence-corrected chi connectivity index (χ0v) is 13.8. The van der Waals surface area contributed by atoms with Crippen LogP contribution in [0.1, 0.15) is 43.7 Å². The molecule has 110 valence electrons. The minimum atomic E-state index is -0.506. The van der Waals surface area contributed by atoms with Crippen LogP contribution in [0.15, 0.2) is 22.7 Å². The molecule has 0 bridgehead atoms. The maximum absolute atomic E-state index is 12.1. The lowest BCUT2D eigenvalue weighted by Gasteiger charge is -2.28. The lowest BCUT2D eigenvalue weighted by Crippen LogP contribution is -2.38. The third-order valence-electron chi connectivity index (χ3n) is 3.71. The molecule has 2 rings (SSSR count). The molecule has 0 spiro atoms. The Morgan fingerprint density at radius 2 is 2.10 bits per heavy atom. The van der Waals surface area contributed by atoms with E-state index in [-0.39, 0.29) is 5.97 Å². The van der Waals surface area contributed by atoms with Gasteiger partial charge in [-0.2, -0.15) is 0 Å². The number of methoxy groups -OCH3 is 1. The van der Waals surface area contributed by atoms with E-state index in [1.165, 1.54) is 26.4 Å². The maximum Gasteiger partial charge on any atom is 0.327 e. The lowest BCUT2D eigenvalue weighted by molar-refractivity contribution is -0.143. The second-order valence-electron chi connectivity index (χ2n) is 5.12. The van der Waals surface area contributed by atoms with Crippen LogP contribution >= 0.6 is 27.5 Å². The summed E-state index contributed by atoms with van der Waals surface area (Å²) in [6.45, 7) is 0. The van der Waals surface area contributed by atoms with Crippen molar-refractivity contribution in [2.24, 2.45) is 0 Å². The molecule has 1 fully saturated rings. The topological polar surface area (TPSA) is 38.3 Å². The van der Waals surface area contributed by atoms with Crippen LogP contribution in [0.25, 0.3) is 0 Å². The van der Waals surface area contributed by atoms with Crippen molar-refractivity contribution in [1.29, 1.82) is 0 Å². The zero-order valence-electron chi connectivity index (χ0n) is 11.5. The summed E-state index contributed by atoms with van der Waals surface area (Å²) in [6.07, 6.45) is 5.88. The standard InChI is InChI=1S/C15H19BrClNO2/c1-20-15(19)14(18-11-5-3-2-4-6-11)12-9-10(16)7-8-13(12)17/h7-9,11,14,18H,2-6H2,1H3. The average molecular weight is 361 g/mol. The minimum absolute atomic E-state index is 0.296. The van der Waals surface area contributed by atoms with E-state index in [1.54, 1.807) is 6.07 Å². The van der Waals surface area contributed by atoms with E-state index >= 15 is 0 Å². The van der Waals surface area contributed by atoms with Crippen LogP contribution in [0.3, 0.4) is 0 Å². The number of benzene rings is 1. The van der Waals surface area contributed by atoms with Gasteiger partial charge in [0.25, 0.3) is 0 Å². The molecule has 1 atom stereocenters. The van der Waals surface area contributed by atoms with Crippen molar-refractivity contribution in [3.05, 3.63) is 33.3 Å². The third kappa shape index (κ3) is 3.96. The van der Waals surface area contributed by atoms with Crippen molar-refractivity contribution in [2.45, 2.75) is 44.2 Å². The van der Waals surface area contributed by atoms with E-state index in [9.17, 15) is 4.79 Å². The van der Waals surface area contributed by atoms with Gasteiger partial charge < -0.3 is 4.74 Å². The summed E-state index contributed by atoms with van der Waals surface area (Å²) in [5, 5.41) is 3.99. The number of carbonyl (C=O) groups excluding carboxylic acids is 1. The molecule has 0 saturated heterocycles. The number of rotatable bonds is 4. The van der Waals surface area contributed by atoms with Crippen LogP contribution in [-0.4, -0.2) is 19.1 Å². The van der Waals surface area contributed by atoms with Gasteiger partial charge >= 0.3 is 5.97 Å². The van der Waals surface area contributed by atoms with Crippen LogP contribution in [0, 0.1) is 0 Å². The summed E-state index contributed by atoms with van der Waals surface area (Å²) in [7, 11) is 1.41. The summed E-state index contributed by atoms with van der Waals surface area (Å²) in [5.74, 6) is -0.296. The van der Waals surface area contributed by atoms with Crippen LogP contribution in [0.2, 0.25) is 5.02 Å². The molecule has 1 unspecified atom stereocenters. The van der Waals surface area contributed by atoms with Crippen LogP contribution in [0.4, 0.5) is 0 Å². The quantitative estimate of drug-likeness (QED) is 0.816. The number of hydrogen-bond donors (Lipinski definition) is 1. The fraction of sp³-hybridized carbons (Fsp3) is 0.533. The minimum Gasteiger partial charge on any atom is -0.468 e. The summed E-state index contributed by atoms with van der Waals surface area (Å²) in [4.78, 5) is 12.1. The molecule has 3 nitrogen and oxygen atoms in total. The molecule has 0 radical (unpaired) electrons. The Labute approximate surface area is 133 Å². The van der Waals surface area contributed by atoms with Gasteiger partial charge in [0, 0.05) is 15.5 Å². The van der Waals surface area contributed by atoms with Gasteiger partial charge in [-0.15, -0.1) is 0 Å². The second kappa shape index (κ2) is 7.43. The van der Waals surface area contributed by atoms with Gasteiger partial charge in [0.15, 0.2) is 0 Å². The monoisotopic (exact) mass is 359 g/mol. The first-order chi connectivity index (χ1) is 9.61. The largest absolute Gasteiger partial charge is 0.468 e. The average Bonchev–Trinajstić information content (AvgIpc) is 2.48. The number of esters is 1. The van der Waals surface area contributed by atoms with Crippen LogP contribution < -0.4 is 5.32 Å². The SMILES string of the molecule is COC(=O)C(NC1CCCCC1)c1cc(Br)ccc1Cl. The Morgan fingerprint density at radius 1 is 1.40 bits per heavy atom. The molecule has 5 heteroatoms. The van der Waals surface area contributed by atoms with Crippen molar-refractivity contribution in [1.82, 2.24) is 5.32 Å². The molecule has 1 aromatic carbocycles. The Kier molecular flexibility index (Phi) is 5.87. The highest BCUT2D eigenvalue weighted by molar-refractivity contribution is 9.10. The van der Waals surface area contributed by atoms with Crippen molar-refractivity contribution >= 4 is 33.5 Å². The van der Waals surface area contributed by atoms with Gasteiger partial charge in [-0.1, -0.05) is 46.8 Å². The molecule has 0 aliphatic heterocycles. The fourth-order valence-corrected chi connectivity index (χ4v) is 3.25. The first-order valence-electron chi connectivity index (χ1n) is 6.90. The van der Waals surface area contributed by atoms with Crippen LogP contribution in [-0.2, 0) is 9.53 Å². The fourth-order valence-electron chi connectivity index (χ4n) is 2.64. The number of halogens is 2. The smallest absolute Gasteiger partial charge is 0.327 e. The Balaban J connectivity index is 2.22. The van der Waals surface area contributed by atoms with Gasteiger partial charge in [-0.25, -0.2) is 4.79 Å². The van der Waals surface area contributed by atoms with Gasteiger partial charge in [0.2, 0.25) is 0 Å². The molecule has 0 heterocycles. The van der Waals surface area contributed by atoms with E-state index < -0.39 is 6.04 Å². The van der Waals surface area contributed by atoms with Crippen molar-refractivity contribution in [2.75, 3.05) is 7.11 Å². The van der Waals surface area contributed by atoms with E-state index in [0.717, 1.165) is 22.9 Å². The molecule has 20 heavy (non-hydrogen) atoms. The summed E-state index contributed by atoms with van der Waals surface area (Å²) in [6, 6.07) is 5.37. The number of ether oxygens (including phenoxy) is 1. The van der Waals surface area contributed by atoms with E-state index in [1.807, 2.05) is 12.1 Å². The highest BCUT2D eigenvalue weighted by Gasteiger charge is 2.27. The van der Waals surface area contributed by atoms with Gasteiger partial charge in [-0.05, 0) is 36.6 Å². The van der Waals surface area contributed by atoms with Gasteiger partial charge in [-0.3, -0.25) is 5.32 Å². The summed E-state index contributed by atoms with van der Waals surface area (Å²) < 4.78 is 5.83. The molecule has 0 amide bonds. The Hall–Kier alpha value is -0.580. The van der Waals surface area contributed by atoms with Crippen molar-refractivity contribution in [3.63, 3.8) is 0 Å². The lowest BCUT2D eigenvalue weighted by atomic mass is 9.94.